The van der Waals surface area contributed by atoms with Gasteiger partial charge in [0, 0.05) is 38.7 Å². The van der Waals surface area contributed by atoms with Crippen molar-refractivity contribution < 1.29 is 9.53 Å². The summed E-state index contributed by atoms with van der Waals surface area (Å²) in [7, 11) is 1.72. The molecule has 1 rings (SSSR count). The van der Waals surface area contributed by atoms with Crippen molar-refractivity contribution in [2.75, 3.05) is 33.4 Å². The van der Waals surface area contributed by atoms with Crippen molar-refractivity contribution in [3.8, 4) is 0 Å². The van der Waals surface area contributed by atoms with E-state index in [0.29, 0.717) is 18.9 Å². The number of methoxy groups -OCH3 is 1. The van der Waals surface area contributed by atoms with Gasteiger partial charge in [-0.25, -0.2) is 0 Å². The molecule has 0 aliphatic rings. The maximum absolute atomic E-state index is 12.4. The highest BCUT2D eigenvalue weighted by Crippen LogP contribution is 2.11. The first-order chi connectivity index (χ1) is 9.92. The molecule has 0 aliphatic carbocycles. The zero-order chi connectivity index (χ0) is 15.8. The summed E-state index contributed by atoms with van der Waals surface area (Å²) in [6.45, 7) is 11.9. The Bertz CT molecular complexity index is 434. The Morgan fingerprint density at radius 1 is 1.14 bits per heavy atom. The molecule has 0 heterocycles. The lowest BCUT2D eigenvalue weighted by Crippen LogP contribution is -2.33. The van der Waals surface area contributed by atoms with Gasteiger partial charge in [-0.2, -0.15) is 0 Å². The summed E-state index contributed by atoms with van der Waals surface area (Å²) in [5, 5.41) is 0. The lowest BCUT2D eigenvalue weighted by Gasteiger charge is -2.23. The number of hydrogen-bond donors (Lipinski definition) is 0. The van der Waals surface area contributed by atoms with Crippen LogP contribution in [0.2, 0.25) is 0 Å². The largest absolute Gasteiger partial charge is 0.383 e. The number of hydrogen-bond acceptors (Lipinski definition) is 3. The van der Waals surface area contributed by atoms with Gasteiger partial charge in [-0.15, -0.1) is 0 Å². The second-order valence-electron chi connectivity index (χ2n) is 6.24. The summed E-state index contributed by atoms with van der Waals surface area (Å²) >= 11 is 0. The van der Waals surface area contributed by atoms with Crippen LogP contribution in [0.1, 0.15) is 41.8 Å². The fraction of sp³-hybridized carbons (Fsp3) is 0.611. The van der Waals surface area contributed by atoms with Crippen LogP contribution < -0.4 is 0 Å². The van der Waals surface area contributed by atoms with Crippen LogP contribution in [0.15, 0.2) is 18.2 Å². The Morgan fingerprint density at radius 3 is 2.29 bits per heavy atom. The minimum absolute atomic E-state index is 0.230. The Balaban J connectivity index is 2.59. The van der Waals surface area contributed by atoms with E-state index in [-0.39, 0.29) is 5.78 Å². The highest BCUT2D eigenvalue weighted by molar-refractivity contribution is 5.96. The summed E-state index contributed by atoms with van der Waals surface area (Å²) < 4.78 is 5.15. The van der Waals surface area contributed by atoms with Crippen molar-refractivity contribution in [2.45, 2.75) is 34.1 Å². The van der Waals surface area contributed by atoms with Gasteiger partial charge in [-0.05, 0) is 31.9 Å². The van der Waals surface area contributed by atoms with Gasteiger partial charge < -0.3 is 9.64 Å². The smallest absolute Gasteiger partial charge is 0.164 e. The highest BCUT2D eigenvalue weighted by Gasteiger charge is 2.12. The van der Waals surface area contributed by atoms with Gasteiger partial charge in [0.1, 0.15) is 0 Å². The molecule has 0 N–H and O–H groups in total. The van der Waals surface area contributed by atoms with Crippen LogP contribution in [0.5, 0.6) is 0 Å². The molecule has 0 aliphatic heterocycles. The van der Waals surface area contributed by atoms with E-state index in [4.69, 9.17) is 4.74 Å². The number of rotatable bonds is 9. The quantitative estimate of drug-likeness (QED) is 0.652. The molecule has 0 unspecified atom stereocenters. The van der Waals surface area contributed by atoms with E-state index in [2.05, 4.69) is 24.8 Å². The maximum atomic E-state index is 12.4. The third-order valence-electron chi connectivity index (χ3n) is 3.43. The van der Waals surface area contributed by atoms with E-state index >= 15 is 0 Å². The highest BCUT2D eigenvalue weighted by atomic mass is 16.5. The lowest BCUT2D eigenvalue weighted by atomic mass is 10.0. The first kappa shape index (κ1) is 17.9. The summed E-state index contributed by atoms with van der Waals surface area (Å²) in [4.78, 5) is 14.7. The fourth-order valence-corrected chi connectivity index (χ4v) is 2.57. The Labute approximate surface area is 129 Å². The summed E-state index contributed by atoms with van der Waals surface area (Å²) in [6.07, 6.45) is 0.569. The van der Waals surface area contributed by atoms with Gasteiger partial charge in [0.05, 0.1) is 6.61 Å². The number of Topliss-reactive ketones (excluding diaryl/α,β-unsaturated/α-hetero) is 1. The Kier molecular flexibility index (Phi) is 7.62. The van der Waals surface area contributed by atoms with E-state index < -0.39 is 0 Å². The Hall–Kier alpha value is -1.19. The molecule has 0 amide bonds. The van der Waals surface area contributed by atoms with Gasteiger partial charge >= 0.3 is 0 Å². The SMILES string of the molecule is COCCN(CCC(=O)c1cc(C)cc(C)c1)CC(C)C. The number of nitrogens with zero attached hydrogens (tertiary/aromatic N) is 1. The molecule has 0 radical (unpaired) electrons. The molecule has 3 heteroatoms. The van der Waals surface area contributed by atoms with E-state index in [1.54, 1.807) is 7.11 Å². The Morgan fingerprint density at radius 2 is 1.76 bits per heavy atom. The van der Waals surface area contributed by atoms with Crippen LogP contribution in [0, 0.1) is 19.8 Å². The van der Waals surface area contributed by atoms with Gasteiger partial charge in [-0.1, -0.05) is 31.0 Å². The molecule has 0 saturated heterocycles. The zero-order valence-corrected chi connectivity index (χ0v) is 14.1. The summed E-state index contributed by atoms with van der Waals surface area (Å²) in [6, 6.07) is 6.06. The fourth-order valence-electron chi connectivity index (χ4n) is 2.57. The minimum Gasteiger partial charge on any atom is -0.383 e. The minimum atomic E-state index is 0.230. The van der Waals surface area contributed by atoms with E-state index in [9.17, 15) is 4.79 Å². The molecule has 0 fully saturated rings. The number of benzene rings is 1. The molecule has 118 valence electrons. The average Bonchev–Trinajstić information content (AvgIpc) is 2.39. The number of carbonyl (C=O) groups excluding carboxylic acids is 1. The molecule has 21 heavy (non-hydrogen) atoms. The summed E-state index contributed by atoms with van der Waals surface area (Å²) in [5.41, 5.74) is 3.14. The molecule has 0 aromatic heterocycles. The molecule has 1 aromatic carbocycles. The van der Waals surface area contributed by atoms with Gasteiger partial charge in [0.15, 0.2) is 5.78 Å². The topological polar surface area (TPSA) is 29.5 Å². The molecule has 0 saturated carbocycles. The predicted molar refractivity (Wildman–Crippen MR) is 88.0 cm³/mol. The third kappa shape index (κ3) is 6.87. The number of ketones is 1. The lowest BCUT2D eigenvalue weighted by molar-refractivity contribution is 0.0941. The standard InChI is InChI=1S/C18H29NO2/c1-14(2)13-19(8-9-21-5)7-6-18(20)17-11-15(3)10-16(4)12-17/h10-12,14H,6-9,13H2,1-5H3. The molecular formula is C18H29NO2. The van der Waals surface area contributed by atoms with Crippen molar-refractivity contribution in [3.63, 3.8) is 0 Å². The van der Waals surface area contributed by atoms with Crippen molar-refractivity contribution in [3.05, 3.63) is 34.9 Å². The van der Waals surface area contributed by atoms with Crippen molar-refractivity contribution in [1.82, 2.24) is 4.90 Å². The normalized spacial score (nSPS) is 11.4. The van der Waals surface area contributed by atoms with Crippen molar-refractivity contribution in [2.24, 2.45) is 5.92 Å². The third-order valence-corrected chi connectivity index (χ3v) is 3.43. The molecular weight excluding hydrogens is 262 g/mol. The first-order valence-electron chi connectivity index (χ1n) is 7.75. The summed E-state index contributed by atoms with van der Waals surface area (Å²) in [5.74, 6) is 0.825. The predicted octanol–water partition coefficient (Wildman–Crippen LogP) is 3.48. The van der Waals surface area contributed by atoms with Crippen LogP contribution in [-0.2, 0) is 4.74 Å². The second-order valence-corrected chi connectivity index (χ2v) is 6.24. The van der Waals surface area contributed by atoms with Crippen LogP contribution in [-0.4, -0.2) is 44.0 Å². The molecule has 0 atom stereocenters. The monoisotopic (exact) mass is 291 g/mol. The number of carbonyl (C=O) groups is 1. The van der Waals surface area contributed by atoms with Crippen LogP contribution in [0.25, 0.3) is 0 Å². The van der Waals surface area contributed by atoms with Crippen LogP contribution in [0.4, 0.5) is 0 Å². The zero-order valence-electron chi connectivity index (χ0n) is 14.1. The maximum Gasteiger partial charge on any atom is 0.164 e. The van der Waals surface area contributed by atoms with Crippen molar-refractivity contribution in [1.29, 1.82) is 0 Å². The van der Waals surface area contributed by atoms with Gasteiger partial charge in [-0.3, -0.25) is 4.79 Å². The molecule has 1 aromatic rings. The number of ether oxygens (including phenoxy) is 1. The molecule has 3 nitrogen and oxygen atoms in total. The van der Waals surface area contributed by atoms with E-state index in [1.807, 2.05) is 26.0 Å². The van der Waals surface area contributed by atoms with E-state index in [1.165, 1.54) is 0 Å². The van der Waals surface area contributed by atoms with Crippen molar-refractivity contribution >= 4 is 5.78 Å². The van der Waals surface area contributed by atoms with Crippen LogP contribution >= 0.6 is 0 Å². The molecule has 0 spiro atoms. The first-order valence-corrected chi connectivity index (χ1v) is 7.75. The van der Waals surface area contributed by atoms with Gasteiger partial charge in [0.25, 0.3) is 0 Å². The molecule has 0 bridgehead atoms. The number of aryl methyl sites for hydroxylation is 2. The van der Waals surface area contributed by atoms with Gasteiger partial charge in [0.2, 0.25) is 0 Å². The second kappa shape index (κ2) is 8.96. The van der Waals surface area contributed by atoms with E-state index in [0.717, 1.165) is 36.3 Å². The van der Waals surface area contributed by atoms with Crippen LogP contribution in [0.3, 0.4) is 0 Å². The average molecular weight is 291 g/mol.